The van der Waals surface area contributed by atoms with Gasteiger partial charge in [0.05, 0.1) is 5.52 Å². The summed E-state index contributed by atoms with van der Waals surface area (Å²) in [5.41, 5.74) is 1.61. The van der Waals surface area contributed by atoms with Crippen LogP contribution < -0.4 is 11.1 Å². The Bertz CT molecular complexity index is 690. The number of nitrogens with one attached hydrogen (secondary N) is 1. The summed E-state index contributed by atoms with van der Waals surface area (Å²) >= 11 is 0. The van der Waals surface area contributed by atoms with Crippen LogP contribution in [0.5, 0.6) is 0 Å². The topological polar surface area (TPSA) is 50.4 Å². The van der Waals surface area contributed by atoms with E-state index in [4.69, 9.17) is 4.42 Å². The fourth-order valence-corrected chi connectivity index (χ4v) is 3.77. The number of piperidine rings is 1. The fourth-order valence-electron chi connectivity index (χ4n) is 3.77. The molecular weight excluding hydrogens is 266 g/mol. The van der Waals surface area contributed by atoms with E-state index in [2.05, 4.69) is 10.2 Å². The highest BCUT2D eigenvalue weighted by Crippen LogP contribution is 2.25. The molecule has 0 radical (unpaired) electrons. The highest BCUT2D eigenvalue weighted by Gasteiger charge is 2.30. The van der Waals surface area contributed by atoms with Gasteiger partial charge in [0.1, 0.15) is 0 Å². The zero-order chi connectivity index (χ0) is 14.2. The molecule has 2 atom stereocenters. The van der Waals surface area contributed by atoms with E-state index in [9.17, 15) is 4.79 Å². The number of rotatable bonds is 2. The zero-order valence-corrected chi connectivity index (χ0v) is 12.1. The van der Waals surface area contributed by atoms with E-state index in [1.54, 1.807) is 0 Å². The first kappa shape index (κ1) is 13.1. The Morgan fingerprint density at radius 2 is 2.19 bits per heavy atom. The number of piperazine rings is 1. The largest absolute Gasteiger partial charge is 0.419 e. The first-order valence-electron chi connectivity index (χ1n) is 7.84. The third kappa shape index (κ3) is 2.40. The molecule has 5 heteroatoms. The quantitative estimate of drug-likeness (QED) is 0.904. The van der Waals surface area contributed by atoms with E-state index in [0.717, 1.165) is 38.2 Å². The number of nitrogens with zero attached hydrogens (tertiary/aromatic N) is 2. The number of aromatic nitrogens is 1. The molecule has 3 heterocycles. The Hall–Kier alpha value is -1.59. The van der Waals surface area contributed by atoms with Crippen LogP contribution in [0, 0.1) is 5.92 Å². The average molecular weight is 287 g/mol. The van der Waals surface area contributed by atoms with Gasteiger partial charge in [0.15, 0.2) is 5.58 Å². The molecule has 0 amide bonds. The number of benzene rings is 1. The molecule has 0 bridgehead atoms. The number of fused-ring (bicyclic) bond motifs is 2. The Balaban J connectivity index is 1.55. The highest BCUT2D eigenvalue weighted by molar-refractivity contribution is 5.72. The SMILES string of the molecule is O=c1oc2ccccc2n1CC1CC[C@H]2CNCCN2C1. The van der Waals surface area contributed by atoms with Crippen LogP contribution in [0.25, 0.3) is 11.1 Å². The van der Waals surface area contributed by atoms with Gasteiger partial charge in [-0.2, -0.15) is 0 Å². The molecule has 0 aliphatic carbocycles. The van der Waals surface area contributed by atoms with Crippen LogP contribution in [-0.2, 0) is 6.54 Å². The predicted octanol–water partition coefficient (Wildman–Crippen LogP) is 1.28. The summed E-state index contributed by atoms with van der Waals surface area (Å²) in [6, 6.07) is 8.38. The van der Waals surface area contributed by atoms with Gasteiger partial charge in [-0.15, -0.1) is 0 Å². The Morgan fingerprint density at radius 3 is 3.14 bits per heavy atom. The molecule has 2 saturated heterocycles. The van der Waals surface area contributed by atoms with Crippen LogP contribution in [-0.4, -0.2) is 41.7 Å². The Labute approximate surface area is 123 Å². The predicted molar refractivity (Wildman–Crippen MR) is 81.4 cm³/mol. The van der Waals surface area contributed by atoms with Crippen molar-refractivity contribution in [2.45, 2.75) is 25.4 Å². The maximum Gasteiger partial charge on any atom is 0.419 e. The lowest BCUT2D eigenvalue weighted by Gasteiger charge is -2.42. The third-order valence-electron chi connectivity index (χ3n) is 4.89. The summed E-state index contributed by atoms with van der Waals surface area (Å²) in [7, 11) is 0. The van der Waals surface area contributed by atoms with Gasteiger partial charge in [0.2, 0.25) is 0 Å². The monoisotopic (exact) mass is 287 g/mol. The van der Waals surface area contributed by atoms with Gasteiger partial charge in [-0.3, -0.25) is 9.47 Å². The molecule has 2 aliphatic heterocycles. The van der Waals surface area contributed by atoms with Crippen molar-refractivity contribution in [1.82, 2.24) is 14.8 Å². The molecule has 112 valence electrons. The lowest BCUT2D eigenvalue weighted by molar-refractivity contribution is 0.0789. The Morgan fingerprint density at radius 1 is 1.29 bits per heavy atom. The summed E-state index contributed by atoms with van der Waals surface area (Å²) in [4.78, 5) is 14.6. The van der Waals surface area contributed by atoms with E-state index in [1.165, 1.54) is 12.8 Å². The van der Waals surface area contributed by atoms with E-state index >= 15 is 0 Å². The van der Waals surface area contributed by atoms with Crippen LogP contribution >= 0.6 is 0 Å². The van der Waals surface area contributed by atoms with Gasteiger partial charge < -0.3 is 9.73 Å². The van der Waals surface area contributed by atoms with Crippen LogP contribution in [0.15, 0.2) is 33.5 Å². The lowest BCUT2D eigenvalue weighted by atomic mass is 9.91. The molecule has 21 heavy (non-hydrogen) atoms. The fraction of sp³-hybridized carbons (Fsp3) is 0.562. The smallest absolute Gasteiger partial charge is 0.408 e. The molecule has 1 aromatic carbocycles. The molecule has 2 aliphatic rings. The summed E-state index contributed by atoms with van der Waals surface area (Å²) in [5.74, 6) is 0.316. The molecule has 2 aromatic rings. The van der Waals surface area contributed by atoms with Crippen LogP contribution in [0.2, 0.25) is 0 Å². The van der Waals surface area contributed by atoms with Crippen molar-refractivity contribution in [1.29, 1.82) is 0 Å². The first-order valence-corrected chi connectivity index (χ1v) is 7.84. The summed E-state index contributed by atoms with van der Waals surface area (Å²) < 4.78 is 7.14. The van der Waals surface area contributed by atoms with Crippen LogP contribution in [0.4, 0.5) is 0 Å². The second kappa shape index (κ2) is 5.31. The first-order chi connectivity index (χ1) is 10.3. The van der Waals surface area contributed by atoms with Crippen molar-refractivity contribution in [3.8, 4) is 0 Å². The van der Waals surface area contributed by atoms with Gasteiger partial charge in [0.25, 0.3) is 0 Å². The minimum atomic E-state index is -0.223. The van der Waals surface area contributed by atoms with Crippen LogP contribution in [0.1, 0.15) is 12.8 Å². The standard InChI is InChI=1S/C16H21N3O2/c20-16-19(14-3-1-2-4-15(14)21-16)11-12-5-6-13-9-17-7-8-18(13)10-12/h1-4,12-13,17H,5-11H2/t12?,13-/m0/s1. The highest BCUT2D eigenvalue weighted by atomic mass is 16.4. The van der Waals surface area contributed by atoms with E-state index < -0.39 is 0 Å². The Kier molecular flexibility index (Phi) is 3.31. The molecule has 1 aromatic heterocycles. The minimum absolute atomic E-state index is 0.223. The van der Waals surface area contributed by atoms with Crippen molar-refractivity contribution in [3.05, 3.63) is 34.8 Å². The molecule has 1 N–H and O–H groups in total. The van der Waals surface area contributed by atoms with Gasteiger partial charge >= 0.3 is 5.76 Å². The number of hydrogen-bond donors (Lipinski definition) is 1. The lowest BCUT2D eigenvalue weighted by Crippen LogP contribution is -2.55. The average Bonchev–Trinajstić information content (AvgIpc) is 2.83. The maximum absolute atomic E-state index is 12.1. The molecule has 2 fully saturated rings. The maximum atomic E-state index is 12.1. The molecule has 4 rings (SSSR count). The van der Waals surface area contributed by atoms with Crippen molar-refractivity contribution in [2.24, 2.45) is 5.92 Å². The second-order valence-electron chi connectivity index (χ2n) is 6.24. The van der Waals surface area contributed by atoms with E-state index in [-0.39, 0.29) is 5.76 Å². The van der Waals surface area contributed by atoms with Gasteiger partial charge in [-0.25, -0.2) is 4.79 Å². The second-order valence-corrected chi connectivity index (χ2v) is 6.24. The third-order valence-corrected chi connectivity index (χ3v) is 4.89. The molecule has 0 saturated carbocycles. The van der Waals surface area contributed by atoms with Gasteiger partial charge in [-0.05, 0) is 30.9 Å². The van der Waals surface area contributed by atoms with Gasteiger partial charge in [-0.1, -0.05) is 12.1 Å². The summed E-state index contributed by atoms with van der Waals surface area (Å²) in [6.07, 6.45) is 2.41. The molecular formula is C16H21N3O2. The molecule has 0 spiro atoms. The molecule has 5 nitrogen and oxygen atoms in total. The minimum Gasteiger partial charge on any atom is -0.408 e. The summed E-state index contributed by atoms with van der Waals surface area (Å²) in [6.45, 7) is 5.19. The van der Waals surface area contributed by atoms with E-state index in [1.807, 2.05) is 28.8 Å². The zero-order valence-electron chi connectivity index (χ0n) is 12.1. The number of hydrogen-bond acceptors (Lipinski definition) is 4. The van der Waals surface area contributed by atoms with Crippen molar-refractivity contribution in [2.75, 3.05) is 26.2 Å². The van der Waals surface area contributed by atoms with Crippen molar-refractivity contribution >= 4 is 11.1 Å². The number of para-hydroxylation sites is 2. The van der Waals surface area contributed by atoms with Crippen molar-refractivity contribution in [3.63, 3.8) is 0 Å². The van der Waals surface area contributed by atoms with E-state index in [0.29, 0.717) is 17.5 Å². The normalized spacial score (nSPS) is 26.9. The van der Waals surface area contributed by atoms with Crippen molar-refractivity contribution < 1.29 is 4.42 Å². The molecule has 1 unspecified atom stereocenters. The summed E-state index contributed by atoms with van der Waals surface area (Å²) in [5, 5.41) is 3.47. The number of oxazole rings is 1. The van der Waals surface area contributed by atoms with Gasteiger partial charge in [0, 0.05) is 38.8 Å². The van der Waals surface area contributed by atoms with Crippen LogP contribution in [0.3, 0.4) is 0 Å².